The molecule has 0 unspecified atom stereocenters. The van der Waals surface area contributed by atoms with Crippen LogP contribution in [0, 0.1) is 0 Å². The molecule has 0 saturated carbocycles. The predicted octanol–water partition coefficient (Wildman–Crippen LogP) is 4.50. The molecule has 0 nitrogen and oxygen atoms in total. The second-order valence-electron chi connectivity index (χ2n) is 3.23. The van der Waals surface area contributed by atoms with Crippen molar-refractivity contribution in [2.75, 3.05) is 0 Å². The molecule has 0 aliphatic heterocycles. The van der Waals surface area contributed by atoms with Crippen LogP contribution in [-0.4, -0.2) is 0 Å². The van der Waals surface area contributed by atoms with Gasteiger partial charge in [0.1, 0.15) is 0 Å². The number of allylic oxidation sites excluding steroid dienone is 1. The molecule has 0 atom stereocenters. The van der Waals surface area contributed by atoms with Gasteiger partial charge >= 0.3 is 0 Å². The SMILES string of the molecule is C=C(C)CCc1cc(Cl)cc(Cl)c1. The Bertz CT molecular complexity index is 296. The van der Waals surface area contributed by atoms with E-state index in [-0.39, 0.29) is 0 Å². The predicted molar refractivity (Wildman–Crippen MR) is 59.6 cm³/mol. The van der Waals surface area contributed by atoms with Crippen molar-refractivity contribution in [1.29, 1.82) is 0 Å². The van der Waals surface area contributed by atoms with Gasteiger partial charge in [0.05, 0.1) is 0 Å². The first-order valence-corrected chi connectivity index (χ1v) is 4.93. The minimum absolute atomic E-state index is 0.698. The molecule has 0 aliphatic rings. The average molecular weight is 215 g/mol. The normalized spacial score (nSPS) is 10.1. The number of halogens is 2. The van der Waals surface area contributed by atoms with Crippen molar-refractivity contribution in [3.63, 3.8) is 0 Å². The van der Waals surface area contributed by atoms with Crippen molar-refractivity contribution >= 4 is 23.2 Å². The number of rotatable bonds is 3. The topological polar surface area (TPSA) is 0 Å². The molecular weight excluding hydrogens is 203 g/mol. The van der Waals surface area contributed by atoms with E-state index in [9.17, 15) is 0 Å². The summed E-state index contributed by atoms with van der Waals surface area (Å²) in [6.45, 7) is 5.87. The van der Waals surface area contributed by atoms with Crippen molar-refractivity contribution in [2.24, 2.45) is 0 Å². The van der Waals surface area contributed by atoms with Crippen LogP contribution in [0.15, 0.2) is 30.4 Å². The Balaban J connectivity index is 2.71. The van der Waals surface area contributed by atoms with E-state index < -0.39 is 0 Å². The first-order valence-electron chi connectivity index (χ1n) is 4.17. The molecule has 13 heavy (non-hydrogen) atoms. The van der Waals surface area contributed by atoms with Gasteiger partial charge in [0.25, 0.3) is 0 Å². The molecule has 2 heteroatoms. The van der Waals surface area contributed by atoms with E-state index in [4.69, 9.17) is 23.2 Å². The van der Waals surface area contributed by atoms with Crippen LogP contribution in [0.2, 0.25) is 10.0 Å². The highest BCUT2D eigenvalue weighted by atomic mass is 35.5. The quantitative estimate of drug-likeness (QED) is 0.651. The first kappa shape index (κ1) is 10.6. The van der Waals surface area contributed by atoms with E-state index in [0.717, 1.165) is 12.8 Å². The number of hydrogen-bond acceptors (Lipinski definition) is 0. The number of hydrogen-bond donors (Lipinski definition) is 0. The smallest absolute Gasteiger partial charge is 0.0423 e. The maximum Gasteiger partial charge on any atom is 0.0423 e. The average Bonchev–Trinajstić information content (AvgIpc) is 1.99. The molecule has 0 saturated heterocycles. The molecule has 1 aromatic carbocycles. The first-order chi connectivity index (χ1) is 6.08. The Hall–Kier alpha value is -0.460. The van der Waals surface area contributed by atoms with Gasteiger partial charge in [0, 0.05) is 10.0 Å². The van der Waals surface area contributed by atoms with Crippen molar-refractivity contribution in [1.82, 2.24) is 0 Å². The number of aryl methyl sites for hydroxylation is 1. The monoisotopic (exact) mass is 214 g/mol. The zero-order valence-corrected chi connectivity index (χ0v) is 9.12. The number of benzene rings is 1. The zero-order chi connectivity index (χ0) is 9.84. The van der Waals surface area contributed by atoms with Gasteiger partial charge in [0.2, 0.25) is 0 Å². The van der Waals surface area contributed by atoms with Crippen molar-refractivity contribution in [3.8, 4) is 0 Å². The highest BCUT2D eigenvalue weighted by Crippen LogP contribution is 2.20. The summed E-state index contributed by atoms with van der Waals surface area (Å²) in [5.74, 6) is 0. The molecule has 0 amide bonds. The summed E-state index contributed by atoms with van der Waals surface area (Å²) in [6.07, 6.45) is 1.94. The lowest BCUT2D eigenvalue weighted by molar-refractivity contribution is 0.946. The Labute approximate surface area is 89.2 Å². The molecule has 0 fully saturated rings. The molecule has 0 heterocycles. The summed E-state index contributed by atoms with van der Waals surface area (Å²) in [5.41, 5.74) is 2.34. The second kappa shape index (κ2) is 4.69. The molecule has 0 bridgehead atoms. The van der Waals surface area contributed by atoms with E-state index in [1.165, 1.54) is 11.1 Å². The fourth-order valence-corrected chi connectivity index (χ4v) is 1.68. The van der Waals surface area contributed by atoms with Crippen LogP contribution in [0.4, 0.5) is 0 Å². The highest BCUT2D eigenvalue weighted by Gasteiger charge is 1.98. The lowest BCUT2D eigenvalue weighted by Crippen LogP contribution is -1.85. The summed E-state index contributed by atoms with van der Waals surface area (Å²) in [5, 5.41) is 1.40. The van der Waals surface area contributed by atoms with E-state index in [2.05, 4.69) is 6.58 Å². The van der Waals surface area contributed by atoms with Gasteiger partial charge in [0.15, 0.2) is 0 Å². The van der Waals surface area contributed by atoms with Crippen LogP contribution < -0.4 is 0 Å². The summed E-state index contributed by atoms with van der Waals surface area (Å²) in [6, 6.07) is 5.63. The maximum atomic E-state index is 5.86. The Morgan fingerprint density at radius 2 is 1.77 bits per heavy atom. The Morgan fingerprint density at radius 1 is 1.23 bits per heavy atom. The Kier molecular flexibility index (Phi) is 3.83. The van der Waals surface area contributed by atoms with Crippen molar-refractivity contribution in [3.05, 3.63) is 46.0 Å². The molecule has 1 rings (SSSR count). The molecule has 0 spiro atoms. The Morgan fingerprint density at radius 3 is 2.23 bits per heavy atom. The molecule has 0 aliphatic carbocycles. The van der Waals surface area contributed by atoms with Gasteiger partial charge in [-0.25, -0.2) is 0 Å². The standard InChI is InChI=1S/C11H12Cl2/c1-8(2)3-4-9-5-10(12)7-11(13)6-9/h5-7H,1,3-4H2,2H3. The van der Waals surface area contributed by atoms with Gasteiger partial charge in [-0.1, -0.05) is 28.8 Å². The fourth-order valence-electron chi connectivity index (χ4n) is 1.11. The lowest BCUT2D eigenvalue weighted by atomic mass is 10.1. The van der Waals surface area contributed by atoms with Crippen LogP contribution >= 0.6 is 23.2 Å². The summed E-state index contributed by atoms with van der Waals surface area (Å²) in [7, 11) is 0. The molecule has 0 N–H and O–H groups in total. The van der Waals surface area contributed by atoms with Gasteiger partial charge in [-0.15, -0.1) is 6.58 Å². The van der Waals surface area contributed by atoms with Crippen LogP contribution in [0.5, 0.6) is 0 Å². The maximum absolute atomic E-state index is 5.86. The van der Waals surface area contributed by atoms with E-state index in [1.807, 2.05) is 19.1 Å². The molecule has 70 valence electrons. The van der Waals surface area contributed by atoms with Crippen LogP contribution in [-0.2, 0) is 6.42 Å². The highest BCUT2D eigenvalue weighted by molar-refractivity contribution is 6.34. The summed E-state index contributed by atoms with van der Waals surface area (Å²) in [4.78, 5) is 0. The van der Waals surface area contributed by atoms with Crippen LogP contribution in [0.25, 0.3) is 0 Å². The fraction of sp³-hybridized carbons (Fsp3) is 0.273. The third kappa shape index (κ3) is 3.84. The van der Waals surface area contributed by atoms with E-state index in [1.54, 1.807) is 6.07 Å². The third-order valence-corrected chi connectivity index (χ3v) is 2.20. The molecule has 0 aromatic heterocycles. The summed E-state index contributed by atoms with van der Waals surface area (Å²) < 4.78 is 0. The van der Waals surface area contributed by atoms with Crippen molar-refractivity contribution < 1.29 is 0 Å². The van der Waals surface area contributed by atoms with Gasteiger partial charge in [-0.2, -0.15) is 0 Å². The third-order valence-electron chi connectivity index (χ3n) is 1.76. The molecule has 0 radical (unpaired) electrons. The van der Waals surface area contributed by atoms with Gasteiger partial charge in [-0.3, -0.25) is 0 Å². The minimum atomic E-state index is 0.698. The lowest BCUT2D eigenvalue weighted by Gasteiger charge is -2.02. The summed E-state index contributed by atoms with van der Waals surface area (Å²) >= 11 is 11.7. The van der Waals surface area contributed by atoms with Crippen molar-refractivity contribution in [2.45, 2.75) is 19.8 Å². The minimum Gasteiger partial charge on any atom is -0.100 e. The van der Waals surface area contributed by atoms with E-state index >= 15 is 0 Å². The van der Waals surface area contributed by atoms with Gasteiger partial charge in [-0.05, 0) is 43.5 Å². The zero-order valence-electron chi connectivity index (χ0n) is 7.61. The van der Waals surface area contributed by atoms with Gasteiger partial charge < -0.3 is 0 Å². The van der Waals surface area contributed by atoms with Crippen LogP contribution in [0.3, 0.4) is 0 Å². The van der Waals surface area contributed by atoms with E-state index in [0.29, 0.717) is 10.0 Å². The van der Waals surface area contributed by atoms with Crippen LogP contribution in [0.1, 0.15) is 18.9 Å². The molecular formula is C11H12Cl2. The largest absolute Gasteiger partial charge is 0.100 e. The second-order valence-corrected chi connectivity index (χ2v) is 4.11. The molecule has 1 aromatic rings.